The van der Waals surface area contributed by atoms with Gasteiger partial charge in [0.05, 0.1) is 12.0 Å². The van der Waals surface area contributed by atoms with E-state index in [1.165, 1.54) is 21.6 Å². The maximum Gasteiger partial charge on any atom is 0.230 e. The Morgan fingerprint density at radius 3 is 2.60 bits per heavy atom. The summed E-state index contributed by atoms with van der Waals surface area (Å²) in [5.74, 6) is -2.25. The summed E-state index contributed by atoms with van der Waals surface area (Å²) in [7, 11) is 2.51. The molecule has 1 fully saturated rings. The highest BCUT2D eigenvalue weighted by Gasteiger charge is 2.35. The monoisotopic (exact) mass is 311 g/mol. The van der Waals surface area contributed by atoms with Crippen LogP contribution in [0, 0.1) is 0 Å². The van der Waals surface area contributed by atoms with Crippen molar-refractivity contribution in [3.8, 4) is 0 Å². The van der Waals surface area contributed by atoms with Crippen molar-refractivity contribution >= 4 is 39.4 Å². The van der Waals surface area contributed by atoms with Gasteiger partial charge in [-0.05, 0) is 22.9 Å². The van der Waals surface area contributed by atoms with Crippen molar-refractivity contribution in [2.24, 2.45) is 0 Å². The molecule has 0 N–H and O–H groups in total. The molecule has 2 amide bonds. The first kappa shape index (κ1) is 14.9. The number of aromatic nitrogens is 1. The zero-order valence-electron chi connectivity index (χ0n) is 10.4. The molecule has 1 aromatic heterocycles. The SMILES string of the molecule is O=C([O-])C(CSSc1ccccn1)N1C(=O)CCC1=O. The minimum absolute atomic E-state index is 0.0701. The fraction of sp³-hybridized carbons (Fsp3) is 0.333. The molecule has 1 atom stereocenters. The van der Waals surface area contributed by atoms with Gasteiger partial charge in [-0.25, -0.2) is 4.98 Å². The summed E-state index contributed by atoms with van der Waals surface area (Å²) in [6, 6.07) is 4.16. The quantitative estimate of drug-likeness (QED) is 0.543. The highest BCUT2D eigenvalue weighted by molar-refractivity contribution is 8.76. The molecule has 0 radical (unpaired) electrons. The number of rotatable bonds is 6. The fourth-order valence-electron chi connectivity index (χ4n) is 1.74. The highest BCUT2D eigenvalue weighted by Crippen LogP contribution is 2.31. The van der Waals surface area contributed by atoms with Gasteiger partial charge in [0.2, 0.25) is 11.8 Å². The average molecular weight is 311 g/mol. The normalized spacial score (nSPS) is 16.5. The van der Waals surface area contributed by atoms with Crippen LogP contribution < -0.4 is 5.11 Å². The molecule has 1 unspecified atom stereocenters. The Hall–Kier alpha value is -1.54. The van der Waals surface area contributed by atoms with Crippen LogP contribution in [0.25, 0.3) is 0 Å². The second kappa shape index (κ2) is 6.76. The predicted octanol–water partition coefficient (Wildman–Crippen LogP) is 0.0894. The molecule has 20 heavy (non-hydrogen) atoms. The molecule has 0 aliphatic carbocycles. The van der Waals surface area contributed by atoms with E-state index < -0.39 is 23.8 Å². The summed E-state index contributed by atoms with van der Waals surface area (Å²) in [5, 5.41) is 11.9. The molecule has 0 aromatic carbocycles. The van der Waals surface area contributed by atoms with Gasteiger partial charge in [-0.15, -0.1) is 0 Å². The molecule has 1 aromatic rings. The molecule has 6 nitrogen and oxygen atoms in total. The lowest BCUT2D eigenvalue weighted by molar-refractivity contribution is -0.310. The van der Waals surface area contributed by atoms with Gasteiger partial charge in [0.1, 0.15) is 5.03 Å². The lowest BCUT2D eigenvalue weighted by Crippen LogP contribution is -2.51. The molecule has 8 heteroatoms. The standard InChI is InChI=1S/C12H12N2O4S2/c15-10-4-5-11(16)14(10)8(12(17)18)7-19-20-9-3-1-2-6-13-9/h1-3,6,8H,4-5,7H2,(H,17,18)/p-1. The summed E-state index contributed by atoms with van der Waals surface area (Å²) >= 11 is 0. The molecule has 106 valence electrons. The van der Waals surface area contributed by atoms with Crippen molar-refractivity contribution in [2.45, 2.75) is 23.9 Å². The lowest BCUT2D eigenvalue weighted by Gasteiger charge is -2.26. The Bertz CT molecular complexity index is 507. The zero-order valence-corrected chi connectivity index (χ0v) is 12.0. The van der Waals surface area contributed by atoms with Crippen LogP contribution in [0.5, 0.6) is 0 Å². The van der Waals surface area contributed by atoms with E-state index in [1.54, 1.807) is 18.3 Å². The van der Waals surface area contributed by atoms with Crippen LogP contribution in [-0.4, -0.2) is 39.5 Å². The number of carboxylic acids is 1. The molecule has 2 rings (SSSR count). The second-order valence-electron chi connectivity index (χ2n) is 4.03. The number of carboxylic acid groups (broad SMARTS) is 1. The number of carbonyl (C=O) groups is 3. The van der Waals surface area contributed by atoms with Crippen LogP contribution in [-0.2, 0) is 14.4 Å². The third kappa shape index (κ3) is 3.51. The van der Waals surface area contributed by atoms with E-state index in [9.17, 15) is 19.5 Å². The van der Waals surface area contributed by atoms with Crippen LogP contribution in [0.15, 0.2) is 29.4 Å². The van der Waals surface area contributed by atoms with Gasteiger partial charge in [-0.1, -0.05) is 16.9 Å². The van der Waals surface area contributed by atoms with Crippen LogP contribution in [0.1, 0.15) is 12.8 Å². The second-order valence-corrected chi connectivity index (χ2v) is 6.39. The molecule has 0 saturated carbocycles. The molecular formula is C12H11N2O4S2-. The summed E-state index contributed by atoms with van der Waals surface area (Å²) in [6.45, 7) is 0. The first-order valence-electron chi connectivity index (χ1n) is 5.86. The van der Waals surface area contributed by atoms with Crippen molar-refractivity contribution < 1.29 is 19.5 Å². The van der Waals surface area contributed by atoms with Gasteiger partial charge in [0.15, 0.2) is 0 Å². The van der Waals surface area contributed by atoms with Gasteiger partial charge in [-0.2, -0.15) is 0 Å². The summed E-state index contributed by atoms with van der Waals surface area (Å²) in [5.41, 5.74) is 0. The van der Waals surface area contributed by atoms with Gasteiger partial charge in [-0.3, -0.25) is 14.5 Å². The Kier molecular flexibility index (Phi) is 5.02. The average Bonchev–Trinajstić information content (AvgIpc) is 2.76. The zero-order chi connectivity index (χ0) is 14.5. The molecule has 1 aliphatic rings. The number of hydrogen-bond acceptors (Lipinski definition) is 7. The Labute approximate surface area is 123 Å². The van der Waals surface area contributed by atoms with E-state index in [0.29, 0.717) is 0 Å². The largest absolute Gasteiger partial charge is 0.548 e. The van der Waals surface area contributed by atoms with Gasteiger partial charge in [0.25, 0.3) is 0 Å². The van der Waals surface area contributed by atoms with Crippen molar-refractivity contribution in [1.29, 1.82) is 0 Å². The Balaban J connectivity index is 1.95. The van der Waals surface area contributed by atoms with E-state index >= 15 is 0 Å². The Morgan fingerprint density at radius 1 is 1.35 bits per heavy atom. The van der Waals surface area contributed by atoms with E-state index in [4.69, 9.17) is 0 Å². The minimum atomic E-state index is -1.41. The number of imide groups is 1. The fourth-order valence-corrected chi connectivity index (χ4v) is 3.83. The summed E-state index contributed by atoms with van der Waals surface area (Å²) in [6.07, 6.45) is 1.77. The number of amides is 2. The number of pyridine rings is 1. The first-order valence-corrected chi connectivity index (χ1v) is 8.17. The van der Waals surface area contributed by atoms with Crippen molar-refractivity contribution in [3.05, 3.63) is 24.4 Å². The Morgan fingerprint density at radius 2 is 2.05 bits per heavy atom. The van der Waals surface area contributed by atoms with E-state index in [1.807, 2.05) is 6.07 Å². The van der Waals surface area contributed by atoms with E-state index in [0.717, 1.165) is 9.93 Å². The van der Waals surface area contributed by atoms with Crippen LogP contribution in [0.2, 0.25) is 0 Å². The van der Waals surface area contributed by atoms with Gasteiger partial charge >= 0.3 is 0 Å². The van der Waals surface area contributed by atoms with Crippen LogP contribution in [0.4, 0.5) is 0 Å². The lowest BCUT2D eigenvalue weighted by atomic mass is 10.3. The van der Waals surface area contributed by atoms with E-state index in [2.05, 4.69) is 4.98 Å². The summed E-state index contributed by atoms with van der Waals surface area (Å²) < 4.78 is 0. The predicted molar refractivity (Wildman–Crippen MR) is 72.4 cm³/mol. The minimum Gasteiger partial charge on any atom is -0.548 e. The number of carbonyl (C=O) groups excluding carboxylic acids is 3. The van der Waals surface area contributed by atoms with Gasteiger partial charge in [0, 0.05) is 24.8 Å². The summed E-state index contributed by atoms with van der Waals surface area (Å²) in [4.78, 5) is 39.1. The molecule has 1 aliphatic heterocycles. The molecule has 1 saturated heterocycles. The van der Waals surface area contributed by atoms with E-state index in [-0.39, 0.29) is 18.6 Å². The van der Waals surface area contributed by atoms with Crippen molar-refractivity contribution in [3.63, 3.8) is 0 Å². The third-order valence-corrected chi connectivity index (χ3v) is 4.94. The smallest absolute Gasteiger partial charge is 0.230 e. The van der Waals surface area contributed by atoms with Gasteiger partial charge < -0.3 is 9.90 Å². The number of likely N-dealkylation sites (tertiary alicyclic amines) is 1. The van der Waals surface area contributed by atoms with Crippen molar-refractivity contribution in [2.75, 3.05) is 5.75 Å². The molecule has 2 heterocycles. The van der Waals surface area contributed by atoms with Crippen LogP contribution in [0.3, 0.4) is 0 Å². The molecular weight excluding hydrogens is 300 g/mol. The van der Waals surface area contributed by atoms with Crippen LogP contribution >= 0.6 is 21.6 Å². The number of nitrogens with zero attached hydrogens (tertiary/aromatic N) is 2. The number of aliphatic carboxylic acids is 1. The third-order valence-electron chi connectivity index (χ3n) is 2.68. The molecule has 0 spiro atoms. The first-order chi connectivity index (χ1) is 9.59. The highest BCUT2D eigenvalue weighted by atomic mass is 33.1. The topological polar surface area (TPSA) is 90.4 Å². The maximum atomic E-state index is 11.5. The molecule has 0 bridgehead atoms. The number of hydrogen-bond donors (Lipinski definition) is 0. The maximum absolute atomic E-state index is 11.5. The van der Waals surface area contributed by atoms with Crippen molar-refractivity contribution in [1.82, 2.24) is 9.88 Å².